The molecule has 0 radical (unpaired) electrons. The lowest BCUT2D eigenvalue weighted by Gasteiger charge is -2.19. The Morgan fingerprint density at radius 3 is 2.29 bits per heavy atom. The normalized spacial score (nSPS) is 11.4. The molecule has 35 heavy (non-hydrogen) atoms. The zero-order chi connectivity index (χ0) is 24.6. The molecule has 8 heteroatoms. The minimum atomic E-state index is -0.515. The number of benzene rings is 3. The average molecular weight is 505 g/mol. The SMILES string of the molecule is COc1ccc(OC)c(NC(=O)C(Sc2ccc(NC(=O)c3cccs3)cc2)c2ccccc2)c1. The maximum Gasteiger partial charge on any atom is 0.265 e. The van der Waals surface area contributed by atoms with Crippen molar-refractivity contribution in [3.05, 3.63) is 101 Å². The van der Waals surface area contributed by atoms with Crippen molar-refractivity contribution in [1.29, 1.82) is 0 Å². The number of ether oxygens (including phenoxy) is 2. The monoisotopic (exact) mass is 504 g/mol. The van der Waals surface area contributed by atoms with Crippen molar-refractivity contribution in [2.24, 2.45) is 0 Å². The largest absolute Gasteiger partial charge is 0.497 e. The van der Waals surface area contributed by atoms with Crippen LogP contribution in [0.4, 0.5) is 11.4 Å². The quantitative estimate of drug-likeness (QED) is 0.255. The van der Waals surface area contributed by atoms with Crippen LogP contribution in [0, 0.1) is 0 Å². The number of amides is 2. The minimum Gasteiger partial charge on any atom is -0.497 e. The summed E-state index contributed by atoms with van der Waals surface area (Å²) in [6.45, 7) is 0. The average Bonchev–Trinajstić information content (AvgIpc) is 3.44. The third-order valence-electron chi connectivity index (χ3n) is 5.12. The summed E-state index contributed by atoms with van der Waals surface area (Å²) in [5.74, 6) is 0.823. The number of hydrogen-bond donors (Lipinski definition) is 2. The van der Waals surface area contributed by atoms with E-state index in [-0.39, 0.29) is 11.8 Å². The number of methoxy groups -OCH3 is 2. The Kier molecular flexibility index (Phi) is 8.07. The number of anilines is 2. The number of carbonyl (C=O) groups is 2. The molecule has 1 heterocycles. The van der Waals surface area contributed by atoms with Gasteiger partial charge in [0, 0.05) is 16.6 Å². The van der Waals surface area contributed by atoms with Gasteiger partial charge in [-0.25, -0.2) is 0 Å². The number of carbonyl (C=O) groups excluding carboxylic acids is 2. The van der Waals surface area contributed by atoms with Gasteiger partial charge in [0.05, 0.1) is 24.8 Å². The first kappa shape index (κ1) is 24.4. The van der Waals surface area contributed by atoms with Gasteiger partial charge in [0.15, 0.2) is 0 Å². The second kappa shape index (κ2) is 11.6. The highest BCUT2D eigenvalue weighted by atomic mass is 32.2. The lowest BCUT2D eigenvalue weighted by molar-refractivity contribution is -0.115. The third kappa shape index (κ3) is 6.23. The summed E-state index contributed by atoms with van der Waals surface area (Å²) in [7, 11) is 3.13. The smallest absolute Gasteiger partial charge is 0.265 e. The summed E-state index contributed by atoms with van der Waals surface area (Å²) >= 11 is 2.81. The van der Waals surface area contributed by atoms with Crippen molar-refractivity contribution in [3.63, 3.8) is 0 Å². The molecule has 0 aliphatic rings. The molecule has 2 N–H and O–H groups in total. The topological polar surface area (TPSA) is 76.7 Å². The van der Waals surface area contributed by atoms with Crippen LogP contribution in [0.2, 0.25) is 0 Å². The Balaban J connectivity index is 1.53. The van der Waals surface area contributed by atoms with Gasteiger partial charge in [0.1, 0.15) is 16.7 Å². The molecule has 1 atom stereocenters. The van der Waals surface area contributed by atoms with Gasteiger partial charge in [0.2, 0.25) is 5.91 Å². The van der Waals surface area contributed by atoms with E-state index in [1.165, 1.54) is 23.1 Å². The summed E-state index contributed by atoms with van der Waals surface area (Å²) < 4.78 is 10.7. The molecule has 0 saturated carbocycles. The fourth-order valence-corrected chi connectivity index (χ4v) is 5.01. The van der Waals surface area contributed by atoms with Gasteiger partial charge in [-0.05, 0) is 53.4 Å². The van der Waals surface area contributed by atoms with E-state index < -0.39 is 5.25 Å². The summed E-state index contributed by atoms with van der Waals surface area (Å²) in [4.78, 5) is 27.3. The molecule has 4 aromatic rings. The molecule has 3 aromatic carbocycles. The van der Waals surface area contributed by atoms with Crippen molar-refractivity contribution in [2.75, 3.05) is 24.9 Å². The molecule has 1 aromatic heterocycles. The Labute approximate surface area is 212 Å². The molecule has 0 aliphatic heterocycles. The molecule has 6 nitrogen and oxygen atoms in total. The summed E-state index contributed by atoms with van der Waals surface area (Å²) in [5, 5.41) is 7.23. The van der Waals surface area contributed by atoms with Gasteiger partial charge in [-0.3, -0.25) is 9.59 Å². The highest BCUT2D eigenvalue weighted by Gasteiger charge is 2.23. The number of thioether (sulfide) groups is 1. The number of hydrogen-bond acceptors (Lipinski definition) is 6. The number of thiophene rings is 1. The molecule has 1 unspecified atom stereocenters. The van der Waals surface area contributed by atoms with Crippen molar-refractivity contribution in [1.82, 2.24) is 0 Å². The fourth-order valence-electron chi connectivity index (χ4n) is 3.36. The summed E-state index contributed by atoms with van der Waals surface area (Å²) in [6, 6.07) is 25.9. The highest BCUT2D eigenvalue weighted by Crippen LogP contribution is 2.38. The molecule has 0 fully saturated rings. The minimum absolute atomic E-state index is 0.144. The van der Waals surface area contributed by atoms with Crippen LogP contribution in [0.15, 0.2) is 95.2 Å². The zero-order valence-corrected chi connectivity index (χ0v) is 20.8. The maximum absolute atomic E-state index is 13.4. The van der Waals surface area contributed by atoms with Crippen LogP contribution in [0.5, 0.6) is 11.5 Å². The van der Waals surface area contributed by atoms with Crippen LogP contribution in [0.3, 0.4) is 0 Å². The first-order chi connectivity index (χ1) is 17.1. The van der Waals surface area contributed by atoms with E-state index in [1.807, 2.05) is 66.0 Å². The maximum atomic E-state index is 13.4. The fraction of sp³-hybridized carbons (Fsp3) is 0.111. The third-order valence-corrected chi connectivity index (χ3v) is 7.25. The summed E-state index contributed by atoms with van der Waals surface area (Å²) in [5.41, 5.74) is 2.09. The Bertz CT molecular complexity index is 1280. The van der Waals surface area contributed by atoms with Crippen LogP contribution < -0.4 is 20.1 Å². The first-order valence-electron chi connectivity index (χ1n) is 10.8. The Morgan fingerprint density at radius 1 is 0.857 bits per heavy atom. The van der Waals surface area contributed by atoms with Gasteiger partial charge in [-0.15, -0.1) is 23.1 Å². The number of rotatable bonds is 9. The number of nitrogens with one attached hydrogen (secondary N) is 2. The summed E-state index contributed by atoms with van der Waals surface area (Å²) in [6.07, 6.45) is 0. The molecule has 0 saturated heterocycles. The lowest BCUT2D eigenvalue weighted by atomic mass is 10.1. The van der Waals surface area contributed by atoms with E-state index in [4.69, 9.17) is 9.47 Å². The van der Waals surface area contributed by atoms with Crippen LogP contribution in [0.25, 0.3) is 0 Å². The molecule has 2 amide bonds. The van der Waals surface area contributed by atoms with Crippen LogP contribution in [0.1, 0.15) is 20.5 Å². The van der Waals surface area contributed by atoms with E-state index in [0.29, 0.717) is 27.8 Å². The molecule has 0 aliphatic carbocycles. The van der Waals surface area contributed by atoms with Crippen molar-refractivity contribution in [2.45, 2.75) is 10.1 Å². The van der Waals surface area contributed by atoms with Crippen LogP contribution >= 0.6 is 23.1 Å². The van der Waals surface area contributed by atoms with E-state index >= 15 is 0 Å². The Morgan fingerprint density at radius 2 is 1.63 bits per heavy atom. The first-order valence-corrected chi connectivity index (χ1v) is 12.5. The predicted molar refractivity (Wildman–Crippen MR) is 142 cm³/mol. The standard InChI is InChI=1S/C27H24N2O4S2/c1-32-20-12-15-23(33-2)22(17-20)29-27(31)25(18-7-4-3-5-8-18)35-21-13-10-19(11-14-21)28-26(30)24-9-6-16-34-24/h3-17,25H,1-2H3,(H,28,30)(H,29,31). The molecule has 4 rings (SSSR count). The van der Waals surface area contributed by atoms with Crippen LogP contribution in [-0.4, -0.2) is 26.0 Å². The highest BCUT2D eigenvalue weighted by molar-refractivity contribution is 8.00. The molecular formula is C27H24N2O4S2. The second-order valence-electron chi connectivity index (χ2n) is 7.42. The van der Waals surface area contributed by atoms with Crippen molar-refractivity contribution in [3.8, 4) is 11.5 Å². The second-order valence-corrected chi connectivity index (χ2v) is 9.55. The van der Waals surface area contributed by atoms with Crippen molar-refractivity contribution < 1.29 is 19.1 Å². The Hall–Kier alpha value is -3.75. The van der Waals surface area contributed by atoms with E-state index in [9.17, 15) is 9.59 Å². The molecule has 0 bridgehead atoms. The zero-order valence-electron chi connectivity index (χ0n) is 19.2. The van der Waals surface area contributed by atoms with Gasteiger partial charge < -0.3 is 20.1 Å². The molecular weight excluding hydrogens is 480 g/mol. The molecule has 178 valence electrons. The van der Waals surface area contributed by atoms with Gasteiger partial charge in [-0.2, -0.15) is 0 Å². The molecule has 0 spiro atoms. The van der Waals surface area contributed by atoms with E-state index in [1.54, 1.807) is 38.5 Å². The lowest BCUT2D eigenvalue weighted by Crippen LogP contribution is -2.19. The van der Waals surface area contributed by atoms with E-state index in [0.717, 1.165) is 10.5 Å². The van der Waals surface area contributed by atoms with Crippen LogP contribution in [-0.2, 0) is 4.79 Å². The van der Waals surface area contributed by atoms with Gasteiger partial charge in [0.25, 0.3) is 5.91 Å². The van der Waals surface area contributed by atoms with Crippen molar-refractivity contribution >= 4 is 46.3 Å². The van der Waals surface area contributed by atoms with Gasteiger partial charge in [-0.1, -0.05) is 36.4 Å². The van der Waals surface area contributed by atoms with E-state index in [2.05, 4.69) is 10.6 Å². The predicted octanol–water partition coefficient (Wildman–Crippen LogP) is 6.49. The van der Waals surface area contributed by atoms with Gasteiger partial charge >= 0.3 is 0 Å².